The monoisotopic (exact) mass is 424 g/mol. The van der Waals surface area contributed by atoms with Crippen LogP contribution in [-0.2, 0) is 4.74 Å². The highest BCUT2D eigenvalue weighted by molar-refractivity contribution is 5.85. The number of amides is 1. The lowest BCUT2D eigenvalue weighted by Crippen LogP contribution is -2.55. The third kappa shape index (κ3) is 5.63. The Hall–Kier alpha value is -0.270. The van der Waals surface area contributed by atoms with Crippen LogP contribution in [0.4, 0.5) is 4.79 Å². The van der Waals surface area contributed by atoms with Crippen molar-refractivity contribution < 1.29 is 9.53 Å². The molecule has 0 spiro atoms. The van der Waals surface area contributed by atoms with E-state index in [4.69, 9.17) is 4.74 Å². The lowest BCUT2D eigenvalue weighted by atomic mass is 9.92. The number of carbonyl (C=O) groups excluding carboxylic acids is 1. The predicted octanol–water partition coefficient (Wildman–Crippen LogP) is 2.31. The fourth-order valence-corrected chi connectivity index (χ4v) is 4.58. The maximum absolute atomic E-state index is 11.9. The number of fused-ring (bicyclic) bond motifs is 2. The van der Waals surface area contributed by atoms with Crippen LogP contribution in [-0.4, -0.2) is 90.8 Å². The summed E-state index contributed by atoms with van der Waals surface area (Å²) < 4.78 is 5.38. The van der Waals surface area contributed by atoms with Gasteiger partial charge in [0.2, 0.25) is 0 Å². The number of nitrogens with one attached hydrogen (secondary N) is 1. The minimum atomic E-state index is -0.386. The highest BCUT2D eigenvalue weighted by Crippen LogP contribution is 2.32. The van der Waals surface area contributed by atoms with Gasteiger partial charge in [0, 0.05) is 63.2 Å². The zero-order chi connectivity index (χ0) is 18.2. The first-order chi connectivity index (χ1) is 11.8. The van der Waals surface area contributed by atoms with E-state index in [1.807, 2.05) is 25.7 Å². The van der Waals surface area contributed by atoms with Crippen LogP contribution in [0.1, 0.15) is 34.6 Å². The normalized spacial score (nSPS) is 31.8. The van der Waals surface area contributed by atoms with E-state index < -0.39 is 0 Å². The van der Waals surface area contributed by atoms with E-state index in [-0.39, 0.29) is 36.5 Å². The largest absolute Gasteiger partial charge is 0.444 e. The summed E-state index contributed by atoms with van der Waals surface area (Å²) in [4.78, 5) is 18.7. The Balaban J connectivity index is 0.000000284. The van der Waals surface area contributed by atoms with Gasteiger partial charge in [0.15, 0.2) is 0 Å². The number of hydrogen-bond acceptors (Lipinski definition) is 5. The standard InChI is InChI=1S/C12H22N2O2.C7H14N2.2ClH/c1-5-13-6-9-7-14(8-10(9)13)11(15)16-12(2,3)4;1-2-9-5-6-3-8-4-7(6)9;;/h9-10H,5-8H2,1-4H3;6-8H,2-5H2,1H3;2*1H. The molecule has 1 amide bonds. The van der Waals surface area contributed by atoms with Crippen molar-refractivity contribution in [2.75, 3.05) is 52.4 Å². The first-order valence-electron chi connectivity index (χ1n) is 9.99. The van der Waals surface area contributed by atoms with Gasteiger partial charge >= 0.3 is 6.09 Å². The molecule has 6 nitrogen and oxygen atoms in total. The summed E-state index contributed by atoms with van der Waals surface area (Å²) in [5.74, 6) is 1.66. The van der Waals surface area contributed by atoms with Gasteiger partial charge in [-0.2, -0.15) is 0 Å². The van der Waals surface area contributed by atoms with Crippen molar-refractivity contribution in [1.29, 1.82) is 0 Å². The zero-order valence-electron chi connectivity index (χ0n) is 17.4. The molecule has 27 heavy (non-hydrogen) atoms. The van der Waals surface area contributed by atoms with Gasteiger partial charge in [-0.1, -0.05) is 13.8 Å². The van der Waals surface area contributed by atoms with E-state index in [1.54, 1.807) is 0 Å². The molecule has 0 aromatic heterocycles. The number of likely N-dealkylation sites (tertiary alicyclic amines) is 3. The third-order valence-corrected chi connectivity index (χ3v) is 6.05. The van der Waals surface area contributed by atoms with Crippen molar-refractivity contribution in [3.63, 3.8) is 0 Å². The van der Waals surface area contributed by atoms with E-state index in [0.717, 1.165) is 38.1 Å². The van der Waals surface area contributed by atoms with Crippen molar-refractivity contribution in [3.8, 4) is 0 Å². The second-order valence-corrected chi connectivity index (χ2v) is 8.87. The highest BCUT2D eigenvalue weighted by Gasteiger charge is 2.46. The average molecular weight is 425 g/mol. The second-order valence-electron chi connectivity index (χ2n) is 8.87. The minimum Gasteiger partial charge on any atom is -0.444 e. The minimum absolute atomic E-state index is 0. The summed E-state index contributed by atoms with van der Waals surface area (Å²) in [6.07, 6.45) is -0.155. The molecule has 4 fully saturated rings. The Morgan fingerprint density at radius 1 is 0.926 bits per heavy atom. The summed E-state index contributed by atoms with van der Waals surface area (Å²) in [6, 6.07) is 1.48. The molecule has 4 rings (SSSR count). The molecule has 4 aliphatic rings. The lowest BCUT2D eigenvalue weighted by molar-refractivity contribution is 0.0287. The second kappa shape index (κ2) is 9.97. The van der Waals surface area contributed by atoms with E-state index in [2.05, 4.69) is 29.0 Å². The Bertz CT molecular complexity index is 489. The molecule has 4 saturated heterocycles. The Kier molecular flexibility index (Phi) is 9.14. The molecule has 4 heterocycles. The van der Waals surface area contributed by atoms with Crippen molar-refractivity contribution >= 4 is 30.9 Å². The molecule has 4 atom stereocenters. The summed E-state index contributed by atoms with van der Waals surface area (Å²) in [5.41, 5.74) is -0.386. The van der Waals surface area contributed by atoms with Gasteiger partial charge in [-0.25, -0.2) is 4.79 Å². The number of halogens is 2. The van der Waals surface area contributed by atoms with Crippen LogP contribution in [0, 0.1) is 11.8 Å². The number of carbonyl (C=O) groups is 1. The van der Waals surface area contributed by atoms with E-state index in [0.29, 0.717) is 12.0 Å². The van der Waals surface area contributed by atoms with Crippen molar-refractivity contribution in [2.45, 2.75) is 52.3 Å². The number of nitrogens with zero attached hydrogens (tertiary/aromatic N) is 3. The first kappa shape index (κ1) is 24.8. The smallest absolute Gasteiger partial charge is 0.410 e. The van der Waals surface area contributed by atoms with Crippen LogP contribution >= 0.6 is 24.8 Å². The van der Waals surface area contributed by atoms with Crippen LogP contribution in [0.15, 0.2) is 0 Å². The van der Waals surface area contributed by atoms with Gasteiger partial charge in [-0.3, -0.25) is 9.80 Å². The first-order valence-corrected chi connectivity index (χ1v) is 9.99. The van der Waals surface area contributed by atoms with Crippen LogP contribution in [0.5, 0.6) is 0 Å². The van der Waals surface area contributed by atoms with Crippen LogP contribution in [0.2, 0.25) is 0 Å². The quantitative estimate of drug-likeness (QED) is 0.736. The van der Waals surface area contributed by atoms with E-state index in [1.165, 1.54) is 26.2 Å². The molecule has 1 N–H and O–H groups in total. The van der Waals surface area contributed by atoms with Crippen LogP contribution in [0.3, 0.4) is 0 Å². The third-order valence-electron chi connectivity index (χ3n) is 6.05. The molecule has 4 unspecified atom stereocenters. The summed E-state index contributed by atoms with van der Waals surface area (Å²) >= 11 is 0. The van der Waals surface area contributed by atoms with Gasteiger partial charge in [-0.15, -0.1) is 24.8 Å². The SMILES string of the molecule is CCN1CC2CN(C(=O)OC(C)(C)C)CC21.CCN1CC2CNCC21.Cl.Cl. The Morgan fingerprint density at radius 2 is 1.52 bits per heavy atom. The maximum atomic E-state index is 11.9. The number of rotatable bonds is 2. The number of ether oxygens (including phenoxy) is 1. The zero-order valence-corrected chi connectivity index (χ0v) is 19.1. The number of likely N-dealkylation sites (N-methyl/N-ethyl adjacent to an activating group) is 2. The Morgan fingerprint density at radius 3 is 2.07 bits per heavy atom. The van der Waals surface area contributed by atoms with Crippen molar-refractivity contribution in [2.24, 2.45) is 11.8 Å². The molecule has 4 aliphatic heterocycles. The number of hydrogen-bond donors (Lipinski definition) is 1. The van der Waals surface area contributed by atoms with E-state index in [9.17, 15) is 4.79 Å². The van der Waals surface area contributed by atoms with Crippen molar-refractivity contribution in [3.05, 3.63) is 0 Å². The molecule has 0 aliphatic carbocycles. The van der Waals surface area contributed by atoms with Gasteiger partial charge in [0.05, 0.1) is 0 Å². The molecule has 0 aromatic rings. The highest BCUT2D eigenvalue weighted by atomic mass is 35.5. The average Bonchev–Trinajstić information content (AvgIpc) is 3.02. The van der Waals surface area contributed by atoms with Gasteiger partial charge in [-0.05, 0) is 33.9 Å². The van der Waals surface area contributed by atoms with Gasteiger partial charge in [0.25, 0.3) is 0 Å². The van der Waals surface area contributed by atoms with Crippen LogP contribution < -0.4 is 5.32 Å². The summed E-state index contributed by atoms with van der Waals surface area (Å²) in [5, 5.41) is 3.41. The molecule has 8 heteroatoms. The van der Waals surface area contributed by atoms with Gasteiger partial charge in [0.1, 0.15) is 5.60 Å². The molecular formula is C19H38Cl2N4O2. The fourth-order valence-electron chi connectivity index (χ4n) is 4.58. The summed E-state index contributed by atoms with van der Waals surface area (Å²) in [7, 11) is 0. The predicted molar refractivity (Wildman–Crippen MR) is 114 cm³/mol. The van der Waals surface area contributed by atoms with Gasteiger partial charge < -0.3 is 15.0 Å². The maximum Gasteiger partial charge on any atom is 0.410 e. The lowest BCUT2D eigenvalue weighted by Gasteiger charge is -2.43. The molecule has 0 bridgehead atoms. The Labute approximate surface area is 177 Å². The molecule has 0 radical (unpaired) electrons. The molecular weight excluding hydrogens is 387 g/mol. The summed E-state index contributed by atoms with van der Waals surface area (Å²) in [6.45, 7) is 19.2. The molecule has 0 aromatic carbocycles. The van der Waals surface area contributed by atoms with E-state index >= 15 is 0 Å². The fraction of sp³-hybridized carbons (Fsp3) is 0.947. The van der Waals surface area contributed by atoms with Crippen LogP contribution in [0.25, 0.3) is 0 Å². The van der Waals surface area contributed by atoms with Crippen molar-refractivity contribution in [1.82, 2.24) is 20.0 Å². The molecule has 0 saturated carbocycles. The topological polar surface area (TPSA) is 48.1 Å². The molecule has 160 valence electrons.